The van der Waals surface area contributed by atoms with Gasteiger partial charge in [0, 0.05) is 12.8 Å². The van der Waals surface area contributed by atoms with Crippen LogP contribution in [0.4, 0.5) is 0 Å². The van der Waals surface area contributed by atoms with Gasteiger partial charge in [0.25, 0.3) is 0 Å². The van der Waals surface area contributed by atoms with Crippen molar-refractivity contribution >= 4 is 11.9 Å². The van der Waals surface area contributed by atoms with Gasteiger partial charge in [-0.05, 0) is 57.8 Å². The Morgan fingerprint density at radius 2 is 0.723 bits per heavy atom. The highest BCUT2D eigenvalue weighted by molar-refractivity contribution is 5.76. The zero-order valence-electron chi connectivity index (χ0n) is 43.7. The molecule has 2 unspecified atom stereocenters. The molecule has 0 aliphatic carbocycles. The number of nitrogens with one attached hydrogen (secondary N) is 1. The predicted octanol–water partition coefficient (Wildman–Crippen LogP) is 17.9. The fourth-order valence-corrected chi connectivity index (χ4v) is 8.98. The van der Waals surface area contributed by atoms with Crippen molar-refractivity contribution in [3.63, 3.8) is 0 Å². The second kappa shape index (κ2) is 54.9. The molecule has 0 spiro atoms. The molecule has 0 aromatic carbocycles. The van der Waals surface area contributed by atoms with Gasteiger partial charge in [-0.3, -0.25) is 9.59 Å². The average Bonchev–Trinajstić information content (AvgIpc) is 3.31. The van der Waals surface area contributed by atoms with Crippen LogP contribution >= 0.6 is 0 Å². The highest BCUT2D eigenvalue weighted by Crippen LogP contribution is 2.17. The lowest BCUT2D eigenvalue weighted by molar-refractivity contribution is -0.143. The highest BCUT2D eigenvalue weighted by Gasteiger charge is 2.18. The van der Waals surface area contributed by atoms with E-state index in [2.05, 4.69) is 31.3 Å². The molecule has 1 amide bonds. The van der Waals surface area contributed by atoms with Crippen molar-refractivity contribution in [2.24, 2.45) is 0 Å². The van der Waals surface area contributed by atoms with Crippen molar-refractivity contribution in [3.8, 4) is 0 Å². The van der Waals surface area contributed by atoms with Crippen LogP contribution in [0.15, 0.2) is 24.3 Å². The van der Waals surface area contributed by atoms with E-state index in [1.165, 1.54) is 225 Å². The second-order valence-corrected chi connectivity index (χ2v) is 20.0. The second-order valence-electron chi connectivity index (χ2n) is 20.0. The third kappa shape index (κ3) is 51.6. The van der Waals surface area contributed by atoms with E-state index < -0.39 is 12.1 Å². The van der Waals surface area contributed by atoms with Crippen molar-refractivity contribution in [1.29, 1.82) is 0 Å². The van der Waals surface area contributed by atoms with E-state index in [0.29, 0.717) is 19.4 Å². The molecule has 0 radical (unpaired) electrons. The maximum Gasteiger partial charge on any atom is 0.305 e. The summed E-state index contributed by atoms with van der Waals surface area (Å²) in [4.78, 5) is 24.5. The zero-order valence-corrected chi connectivity index (χ0v) is 43.7. The van der Waals surface area contributed by atoms with Crippen LogP contribution in [0.5, 0.6) is 0 Å². The largest absolute Gasteiger partial charge is 0.466 e. The molecular formula is C59H113NO5. The molecule has 0 aromatic rings. The van der Waals surface area contributed by atoms with Gasteiger partial charge in [0.1, 0.15) is 0 Å². The van der Waals surface area contributed by atoms with Crippen molar-refractivity contribution < 1.29 is 24.5 Å². The van der Waals surface area contributed by atoms with Gasteiger partial charge >= 0.3 is 5.97 Å². The standard InChI is InChI=1S/C59H113NO5/c1-3-5-7-9-11-13-15-17-19-20-24-27-31-35-39-43-47-51-57(62)56(55-61)60-58(63)52-48-44-40-36-32-28-25-21-22-26-30-34-38-42-46-50-54-65-59(64)53-49-45-41-37-33-29-23-18-16-14-12-10-8-6-4-2/h21,25,47,51,56-57,61-62H,3-20,22-24,26-46,48-50,52-55H2,1-2H3,(H,60,63)/b25-21-,51-47+. The number of hydrogen-bond acceptors (Lipinski definition) is 5. The Kier molecular flexibility index (Phi) is 53.5. The number of amides is 1. The van der Waals surface area contributed by atoms with Gasteiger partial charge in [-0.15, -0.1) is 0 Å². The summed E-state index contributed by atoms with van der Waals surface area (Å²) in [5.41, 5.74) is 0. The Hall–Kier alpha value is -1.66. The molecule has 0 aliphatic heterocycles. The Bertz CT molecular complexity index is 1010. The van der Waals surface area contributed by atoms with Crippen LogP contribution in [0, 0.1) is 0 Å². The van der Waals surface area contributed by atoms with Crippen molar-refractivity contribution in [1.82, 2.24) is 5.32 Å². The van der Waals surface area contributed by atoms with E-state index in [1.54, 1.807) is 6.08 Å². The smallest absolute Gasteiger partial charge is 0.305 e. The molecule has 65 heavy (non-hydrogen) atoms. The first-order chi connectivity index (χ1) is 32.0. The third-order valence-electron chi connectivity index (χ3n) is 13.5. The van der Waals surface area contributed by atoms with E-state index in [1.807, 2.05) is 6.08 Å². The lowest BCUT2D eigenvalue weighted by Gasteiger charge is -2.20. The summed E-state index contributed by atoms with van der Waals surface area (Å²) < 4.78 is 5.47. The van der Waals surface area contributed by atoms with Crippen LogP contribution in [0.25, 0.3) is 0 Å². The van der Waals surface area contributed by atoms with Crippen molar-refractivity contribution in [2.45, 2.75) is 328 Å². The number of ether oxygens (including phenoxy) is 1. The molecule has 0 saturated carbocycles. The Balaban J connectivity index is 3.48. The molecule has 0 bridgehead atoms. The number of aliphatic hydroxyl groups excluding tert-OH is 2. The monoisotopic (exact) mass is 916 g/mol. The number of unbranched alkanes of at least 4 members (excludes halogenated alkanes) is 41. The molecule has 0 saturated heterocycles. The number of carbonyl (C=O) groups is 2. The minimum atomic E-state index is -0.855. The average molecular weight is 917 g/mol. The van der Waals surface area contributed by atoms with Crippen LogP contribution < -0.4 is 5.32 Å². The van der Waals surface area contributed by atoms with Crippen LogP contribution in [-0.2, 0) is 14.3 Å². The molecule has 0 aliphatic rings. The van der Waals surface area contributed by atoms with E-state index >= 15 is 0 Å². The van der Waals surface area contributed by atoms with Crippen LogP contribution in [0.2, 0.25) is 0 Å². The van der Waals surface area contributed by atoms with E-state index in [0.717, 1.165) is 64.2 Å². The number of esters is 1. The van der Waals surface area contributed by atoms with Crippen LogP contribution in [-0.4, -0.2) is 47.4 Å². The normalized spacial score (nSPS) is 12.7. The summed E-state index contributed by atoms with van der Waals surface area (Å²) in [6, 6.07) is -0.640. The minimum Gasteiger partial charge on any atom is -0.466 e. The fraction of sp³-hybridized carbons (Fsp3) is 0.898. The first-order valence-electron chi connectivity index (χ1n) is 29.1. The highest BCUT2D eigenvalue weighted by atomic mass is 16.5. The van der Waals surface area contributed by atoms with Gasteiger partial charge in [0.15, 0.2) is 0 Å². The summed E-state index contributed by atoms with van der Waals surface area (Å²) in [7, 11) is 0. The Labute approximate surface area is 405 Å². The predicted molar refractivity (Wildman–Crippen MR) is 283 cm³/mol. The SMILES string of the molecule is CCCCCCCCCCCCCCCCC/C=C/C(O)C(CO)NC(=O)CCCCCCC/C=C\CCCCCCCCCOC(=O)CCCCCCCCCCCCCCCCC. The lowest BCUT2D eigenvalue weighted by atomic mass is 10.0. The summed E-state index contributed by atoms with van der Waals surface area (Å²) in [5, 5.41) is 23.1. The van der Waals surface area contributed by atoms with E-state index in [9.17, 15) is 19.8 Å². The maximum atomic E-state index is 12.5. The van der Waals surface area contributed by atoms with E-state index in [-0.39, 0.29) is 18.5 Å². The van der Waals surface area contributed by atoms with Gasteiger partial charge < -0.3 is 20.3 Å². The summed E-state index contributed by atoms with van der Waals surface area (Å²) in [5.74, 6) is -0.0839. The summed E-state index contributed by atoms with van der Waals surface area (Å²) in [6.45, 7) is 4.90. The van der Waals surface area contributed by atoms with Crippen molar-refractivity contribution in [3.05, 3.63) is 24.3 Å². The minimum absolute atomic E-state index is 0.000747. The third-order valence-corrected chi connectivity index (χ3v) is 13.5. The number of aliphatic hydroxyl groups is 2. The number of allylic oxidation sites excluding steroid dienone is 3. The molecule has 384 valence electrons. The number of hydrogen-bond donors (Lipinski definition) is 3. The molecule has 6 nitrogen and oxygen atoms in total. The van der Waals surface area contributed by atoms with Gasteiger partial charge in [-0.25, -0.2) is 0 Å². The van der Waals surface area contributed by atoms with Gasteiger partial charge in [-0.2, -0.15) is 0 Å². The molecule has 0 rings (SSSR count). The number of carbonyl (C=O) groups excluding carboxylic acids is 2. The first kappa shape index (κ1) is 63.3. The summed E-state index contributed by atoms with van der Waals surface area (Å²) >= 11 is 0. The molecule has 3 N–H and O–H groups in total. The van der Waals surface area contributed by atoms with Gasteiger partial charge in [0.2, 0.25) is 5.91 Å². The lowest BCUT2D eigenvalue weighted by Crippen LogP contribution is -2.45. The van der Waals surface area contributed by atoms with Gasteiger partial charge in [-0.1, -0.05) is 269 Å². The quantitative estimate of drug-likeness (QED) is 0.0321. The summed E-state index contributed by atoms with van der Waals surface area (Å²) in [6.07, 6.45) is 66.2. The Morgan fingerprint density at radius 3 is 1.09 bits per heavy atom. The van der Waals surface area contributed by atoms with Gasteiger partial charge in [0.05, 0.1) is 25.4 Å². The van der Waals surface area contributed by atoms with Crippen LogP contribution in [0.3, 0.4) is 0 Å². The number of rotatable bonds is 54. The molecule has 0 aromatic heterocycles. The Morgan fingerprint density at radius 1 is 0.415 bits per heavy atom. The molecule has 0 heterocycles. The molecule has 6 heteroatoms. The van der Waals surface area contributed by atoms with Crippen LogP contribution in [0.1, 0.15) is 316 Å². The zero-order chi connectivity index (χ0) is 47.2. The molecule has 2 atom stereocenters. The molecule has 0 fully saturated rings. The molecular weight excluding hydrogens is 803 g/mol. The maximum absolute atomic E-state index is 12.5. The van der Waals surface area contributed by atoms with Crippen molar-refractivity contribution in [2.75, 3.05) is 13.2 Å². The first-order valence-corrected chi connectivity index (χ1v) is 29.1. The fourth-order valence-electron chi connectivity index (χ4n) is 8.98. The topological polar surface area (TPSA) is 95.9 Å². The van der Waals surface area contributed by atoms with E-state index in [4.69, 9.17) is 4.74 Å².